The Bertz CT molecular complexity index is 339. The van der Waals surface area contributed by atoms with Crippen molar-refractivity contribution in [2.45, 2.75) is 50.7 Å². The fourth-order valence-electron chi connectivity index (χ4n) is 4.10. The van der Waals surface area contributed by atoms with Gasteiger partial charge in [-0.15, -0.1) is 0 Å². The van der Waals surface area contributed by atoms with E-state index in [1.54, 1.807) is 0 Å². The molecule has 3 rings (SSSR count). The lowest BCUT2D eigenvalue weighted by atomic mass is 9.87. The Hall–Kier alpha value is -0.610. The molecule has 2 aliphatic heterocycles. The molecule has 3 fully saturated rings. The Labute approximate surface area is 109 Å². The van der Waals surface area contributed by atoms with Crippen LogP contribution in [0.5, 0.6) is 0 Å². The van der Waals surface area contributed by atoms with Gasteiger partial charge in [0.2, 0.25) is 5.91 Å². The minimum atomic E-state index is -0.599. The van der Waals surface area contributed by atoms with Crippen molar-refractivity contribution in [1.82, 2.24) is 10.2 Å². The van der Waals surface area contributed by atoms with Gasteiger partial charge in [0.25, 0.3) is 0 Å². The van der Waals surface area contributed by atoms with Gasteiger partial charge >= 0.3 is 0 Å². The molecule has 4 nitrogen and oxygen atoms in total. The van der Waals surface area contributed by atoms with Crippen molar-refractivity contribution in [3.05, 3.63) is 0 Å². The van der Waals surface area contributed by atoms with E-state index in [0.29, 0.717) is 19.0 Å². The van der Waals surface area contributed by atoms with Crippen molar-refractivity contribution in [3.8, 4) is 0 Å². The molecule has 0 radical (unpaired) electrons. The van der Waals surface area contributed by atoms with Crippen LogP contribution in [0.3, 0.4) is 0 Å². The molecular weight excluding hydrogens is 228 g/mol. The molecule has 18 heavy (non-hydrogen) atoms. The third-order valence-electron chi connectivity index (χ3n) is 5.01. The summed E-state index contributed by atoms with van der Waals surface area (Å²) in [5, 5.41) is 13.5. The van der Waals surface area contributed by atoms with Crippen molar-refractivity contribution in [3.63, 3.8) is 0 Å². The van der Waals surface area contributed by atoms with Gasteiger partial charge in [-0.2, -0.15) is 0 Å². The summed E-state index contributed by atoms with van der Waals surface area (Å²) in [6.45, 7) is 4.16. The van der Waals surface area contributed by atoms with Crippen LogP contribution < -0.4 is 5.32 Å². The van der Waals surface area contributed by atoms with Gasteiger partial charge in [0, 0.05) is 0 Å². The lowest BCUT2D eigenvalue weighted by Gasteiger charge is -2.47. The fraction of sp³-hybridized carbons (Fsp3) is 0.929. The second kappa shape index (κ2) is 4.49. The summed E-state index contributed by atoms with van der Waals surface area (Å²) in [7, 11) is 0. The van der Waals surface area contributed by atoms with E-state index in [1.165, 1.54) is 19.3 Å². The molecule has 4 heteroatoms. The highest BCUT2D eigenvalue weighted by Crippen LogP contribution is 2.39. The highest BCUT2D eigenvalue weighted by molar-refractivity contribution is 5.83. The van der Waals surface area contributed by atoms with Gasteiger partial charge in [0.05, 0.1) is 24.7 Å². The molecule has 0 aromatic carbocycles. The number of likely N-dealkylation sites (tertiary alicyclic amines) is 1. The van der Waals surface area contributed by atoms with Crippen LogP contribution >= 0.6 is 0 Å². The number of hydrogen-bond acceptors (Lipinski definition) is 3. The summed E-state index contributed by atoms with van der Waals surface area (Å²) in [6, 6.07) is 0.0312. The lowest BCUT2D eigenvalue weighted by molar-refractivity contribution is -0.159. The molecule has 102 valence electrons. The molecule has 2 N–H and O–H groups in total. The number of carbonyl (C=O) groups is 1. The third-order valence-corrected chi connectivity index (χ3v) is 5.01. The molecule has 2 saturated heterocycles. The second-order valence-corrected chi connectivity index (χ2v) is 6.41. The van der Waals surface area contributed by atoms with Crippen molar-refractivity contribution < 1.29 is 9.90 Å². The standard InChI is InChI=1S/C14H24N2O2/c1-2-6-14(18)8-16(9-14)13(17)12-11-5-3-4-10(11)7-15-12/h10-12,15,18H,2-9H2,1H3. The zero-order valence-electron chi connectivity index (χ0n) is 11.2. The van der Waals surface area contributed by atoms with Crippen molar-refractivity contribution in [2.24, 2.45) is 11.8 Å². The van der Waals surface area contributed by atoms with E-state index >= 15 is 0 Å². The van der Waals surface area contributed by atoms with Gasteiger partial charge in [0.15, 0.2) is 0 Å². The highest BCUT2D eigenvalue weighted by Gasteiger charge is 2.49. The molecule has 0 spiro atoms. The Morgan fingerprint density at radius 1 is 1.44 bits per heavy atom. The molecule has 0 bridgehead atoms. The van der Waals surface area contributed by atoms with Crippen LogP contribution in [0.2, 0.25) is 0 Å². The van der Waals surface area contributed by atoms with E-state index in [-0.39, 0.29) is 11.9 Å². The summed E-state index contributed by atoms with van der Waals surface area (Å²) in [4.78, 5) is 14.3. The molecule has 0 aromatic heterocycles. The predicted molar refractivity (Wildman–Crippen MR) is 69.1 cm³/mol. The SMILES string of the molecule is CCCC1(O)CN(C(=O)C2NCC3CCCC32)C1. The number of nitrogens with one attached hydrogen (secondary N) is 1. The maximum Gasteiger partial charge on any atom is 0.240 e. The number of aliphatic hydroxyl groups is 1. The average Bonchev–Trinajstić information content (AvgIpc) is 2.86. The van der Waals surface area contributed by atoms with Crippen LogP contribution in [-0.4, -0.2) is 47.2 Å². The van der Waals surface area contributed by atoms with Crippen LogP contribution in [0.1, 0.15) is 39.0 Å². The van der Waals surface area contributed by atoms with Crippen molar-refractivity contribution in [2.75, 3.05) is 19.6 Å². The highest BCUT2D eigenvalue weighted by atomic mass is 16.3. The van der Waals surface area contributed by atoms with Gasteiger partial charge in [-0.3, -0.25) is 4.79 Å². The van der Waals surface area contributed by atoms with Crippen LogP contribution in [0.25, 0.3) is 0 Å². The Morgan fingerprint density at radius 2 is 2.22 bits per heavy atom. The number of amides is 1. The van der Waals surface area contributed by atoms with Crippen LogP contribution in [0.4, 0.5) is 0 Å². The zero-order valence-corrected chi connectivity index (χ0v) is 11.2. The molecule has 3 aliphatic rings. The monoisotopic (exact) mass is 252 g/mol. The molecule has 1 aliphatic carbocycles. The van der Waals surface area contributed by atoms with E-state index in [9.17, 15) is 9.90 Å². The summed E-state index contributed by atoms with van der Waals surface area (Å²) in [5.41, 5.74) is -0.599. The van der Waals surface area contributed by atoms with Crippen LogP contribution in [0, 0.1) is 11.8 Å². The van der Waals surface area contributed by atoms with Crippen molar-refractivity contribution in [1.29, 1.82) is 0 Å². The van der Waals surface area contributed by atoms with E-state index in [0.717, 1.165) is 25.3 Å². The van der Waals surface area contributed by atoms with E-state index in [2.05, 4.69) is 12.2 Å². The third kappa shape index (κ3) is 1.95. The number of nitrogens with zero attached hydrogens (tertiary/aromatic N) is 1. The number of hydrogen-bond donors (Lipinski definition) is 2. The first-order valence-electron chi connectivity index (χ1n) is 7.37. The maximum atomic E-state index is 12.4. The van der Waals surface area contributed by atoms with E-state index in [4.69, 9.17) is 0 Å². The number of β-amino-alcohol motifs (C(OH)–C–C–N with tert-alkyl or cyclic N) is 1. The lowest BCUT2D eigenvalue weighted by Crippen LogP contribution is -2.66. The van der Waals surface area contributed by atoms with Gasteiger partial charge in [-0.25, -0.2) is 0 Å². The van der Waals surface area contributed by atoms with Gasteiger partial charge < -0.3 is 15.3 Å². The minimum absolute atomic E-state index is 0.0312. The number of rotatable bonds is 3. The smallest absolute Gasteiger partial charge is 0.240 e. The summed E-state index contributed by atoms with van der Waals surface area (Å²) < 4.78 is 0. The van der Waals surface area contributed by atoms with Crippen LogP contribution in [-0.2, 0) is 4.79 Å². The normalized spacial score (nSPS) is 37.4. The van der Waals surface area contributed by atoms with Gasteiger partial charge in [-0.05, 0) is 37.6 Å². The zero-order chi connectivity index (χ0) is 12.8. The summed E-state index contributed by atoms with van der Waals surface area (Å²) in [5.74, 6) is 1.50. The average molecular weight is 252 g/mol. The molecule has 3 atom stereocenters. The topological polar surface area (TPSA) is 52.6 Å². The Kier molecular flexibility index (Phi) is 3.10. The molecule has 2 heterocycles. The maximum absolute atomic E-state index is 12.4. The van der Waals surface area contributed by atoms with E-state index < -0.39 is 5.60 Å². The molecule has 1 amide bonds. The van der Waals surface area contributed by atoms with E-state index in [1.807, 2.05) is 4.90 Å². The number of fused-ring (bicyclic) bond motifs is 1. The van der Waals surface area contributed by atoms with Crippen LogP contribution in [0.15, 0.2) is 0 Å². The molecule has 1 saturated carbocycles. The van der Waals surface area contributed by atoms with Crippen molar-refractivity contribution >= 4 is 5.91 Å². The molecule has 0 aromatic rings. The van der Waals surface area contributed by atoms with Gasteiger partial charge in [-0.1, -0.05) is 19.8 Å². The predicted octanol–water partition coefficient (Wildman–Crippen LogP) is 0.748. The van der Waals surface area contributed by atoms with Gasteiger partial charge in [0.1, 0.15) is 0 Å². The molecule has 3 unspecified atom stereocenters. The quantitative estimate of drug-likeness (QED) is 0.779. The number of carbonyl (C=O) groups excluding carboxylic acids is 1. The second-order valence-electron chi connectivity index (χ2n) is 6.41. The Morgan fingerprint density at radius 3 is 2.94 bits per heavy atom. The minimum Gasteiger partial charge on any atom is -0.386 e. The summed E-state index contributed by atoms with van der Waals surface area (Å²) >= 11 is 0. The molecular formula is C14H24N2O2. The first kappa shape index (κ1) is 12.4. The first-order valence-corrected chi connectivity index (χ1v) is 7.37. The summed E-state index contributed by atoms with van der Waals surface area (Å²) in [6.07, 6.45) is 5.54. The fourth-order valence-corrected chi connectivity index (χ4v) is 4.10. The Balaban J connectivity index is 1.57. The largest absolute Gasteiger partial charge is 0.386 e. The first-order chi connectivity index (χ1) is 8.63.